The van der Waals surface area contributed by atoms with Gasteiger partial charge in [-0.15, -0.1) is 0 Å². The number of nitrogens with zero attached hydrogens (tertiary/aromatic N) is 2. The molecule has 24 heavy (non-hydrogen) atoms. The van der Waals surface area contributed by atoms with E-state index in [4.69, 9.17) is 0 Å². The van der Waals surface area contributed by atoms with Gasteiger partial charge in [0.15, 0.2) is 5.16 Å². The number of benzene rings is 1. The van der Waals surface area contributed by atoms with E-state index in [1.165, 1.54) is 12.3 Å². The quantitative estimate of drug-likeness (QED) is 0.778. The van der Waals surface area contributed by atoms with Gasteiger partial charge in [-0.05, 0) is 36.2 Å². The van der Waals surface area contributed by atoms with Gasteiger partial charge in [-0.1, -0.05) is 12.1 Å². The lowest BCUT2D eigenvalue weighted by molar-refractivity contribution is -0.127. The van der Waals surface area contributed by atoms with Crippen molar-refractivity contribution in [3.8, 4) is 0 Å². The molecule has 0 saturated heterocycles. The van der Waals surface area contributed by atoms with Gasteiger partial charge in [0.1, 0.15) is 0 Å². The van der Waals surface area contributed by atoms with Crippen LogP contribution in [0.4, 0.5) is 13.2 Å². The van der Waals surface area contributed by atoms with Crippen molar-refractivity contribution in [3.63, 3.8) is 0 Å². The highest BCUT2D eigenvalue weighted by Gasteiger charge is 2.29. The van der Waals surface area contributed by atoms with Crippen LogP contribution in [0.25, 0.3) is 11.0 Å². The van der Waals surface area contributed by atoms with Crippen molar-refractivity contribution in [3.05, 3.63) is 53.3 Å². The number of imidazole rings is 1. The van der Waals surface area contributed by atoms with E-state index in [1.807, 2.05) is 18.2 Å². The Labute approximate surface area is 138 Å². The van der Waals surface area contributed by atoms with Crippen LogP contribution in [0, 0.1) is 6.92 Å². The van der Waals surface area contributed by atoms with E-state index in [1.54, 1.807) is 13.0 Å². The molecule has 0 aliphatic rings. The van der Waals surface area contributed by atoms with Gasteiger partial charge in [-0.25, -0.2) is 4.98 Å². The first-order valence-electron chi connectivity index (χ1n) is 7.17. The van der Waals surface area contributed by atoms with Crippen LogP contribution in [0.5, 0.6) is 0 Å². The van der Waals surface area contributed by atoms with Crippen LogP contribution in [0.15, 0.2) is 41.7 Å². The number of nitrogens with one attached hydrogen (secondary N) is 1. The Balaban J connectivity index is 1.85. The summed E-state index contributed by atoms with van der Waals surface area (Å²) in [4.78, 5) is 11.3. The van der Waals surface area contributed by atoms with Gasteiger partial charge in [-0.3, -0.25) is 9.19 Å². The highest BCUT2D eigenvalue weighted by atomic mass is 32.2. The average Bonchev–Trinajstić information content (AvgIpc) is 2.94. The summed E-state index contributed by atoms with van der Waals surface area (Å²) in [6, 6.07) is 8.61. The third-order valence-electron chi connectivity index (χ3n) is 3.66. The van der Waals surface area contributed by atoms with Crippen molar-refractivity contribution in [2.45, 2.75) is 30.4 Å². The SMILES string of the molecule is Cc1c(CC(F)(F)F)ccnc1CS(=O)c1nc2ccccc2[nH]1. The molecule has 4 nitrogen and oxygen atoms in total. The second kappa shape index (κ2) is 6.35. The zero-order chi connectivity index (χ0) is 17.3. The zero-order valence-corrected chi connectivity index (χ0v) is 13.5. The molecule has 0 amide bonds. The molecule has 0 saturated carbocycles. The van der Waals surface area contributed by atoms with E-state index in [9.17, 15) is 17.4 Å². The lowest BCUT2D eigenvalue weighted by Crippen LogP contribution is -2.14. The molecule has 1 N–H and O–H groups in total. The Hall–Kier alpha value is -2.22. The van der Waals surface area contributed by atoms with Gasteiger partial charge in [0.25, 0.3) is 0 Å². The van der Waals surface area contributed by atoms with Gasteiger partial charge in [0.05, 0.1) is 39.7 Å². The summed E-state index contributed by atoms with van der Waals surface area (Å²) in [7, 11) is -1.52. The standard InChI is InChI=1S/C16H14F3N3OS/c1-10-11(8-16(17,18)19)6-7-20-14(10)9-24(23)15-21-12-4-2-3-5-13(12)22-15/h2-7H,8-9H2,1H3,(H,21,22). The minimum Gasteiger partial charge on any atom is -0.331 e. The van der Waals surface area contributed by atoms with Crippen molar-refractivity contribution < 1.29 is 17.4 Å². The number of aromatic nitrogens is 3. The first-order chi connectivity index (χ1) is 11.3. The summed E-state index contributed by atoms with van der Waals surface area (Å²) in [5, 5.41) is 0.290. The molecule has 0 aliphatic carbocycles. The Morgan fingerprint density at radius 3 is 2.67 bits per heavy atom. The number of hydrogen-bond acceptors (Lipinski definition) is 3. The minimum atomic E-state index is -4.29. The van der Waals surface area contributed by atoms with Gasteiger partial charge < -0.3 is 4.98 Å². The van der Waals surface area contributed by atoms with Gasteiger partial charge >= 0.3 is 6.18 Å². The van der Waals surface area contributed by atoms with Crippen molar-refractivity contribution in [2.75, 3.05) is 0 Å². The van der Waals surface area contributed by atoms with Gasteiger partial charge in [0.2, 0.25) is 0 Å². The van der Waals surface area contributed by atoms with Crippen LogP contribution >= 0.6 is 0 Å². The number of halogens is 3. The van der Waals surface area contributed by atoms with Crippen molar-refractivity contribution in [2.24, 2.45) is 0 Å². The summed E-state index contributed by atoms with van der Waals surface area (Å²) >= 11 is 0. The number of pyridine rings is 1. The topological polar surface area (TPSA) is 58.6 Å². The fourth-order valence-corrected chi connectivity index (χ4v) is 3.51. The Morgan fingerprint density at radius 2 is 1.96 bits per heavy atom. The molecule has 8 heteroatoms. The molecule has 0 aliphatic heterocycles. The van der Waals surface area contributed by atoms with Gasteiger partial charge in [-0.2, -0.15) is 13.2 Å². The molecular formula is C16H14F3N3OS. The van der Waals surface area contributed by atoms with Crippen molar-refractivity contribution >= 4 is 21.8 Å². The normalized spacial score (nSPS) is 13.3. The van der Waals surface area contributed by atoms with E-state index in [-0.39, 0.29) is 11.3 Å². The predicted molar refractivity (Wildman–Crippen MR) is 84.9 cm³/mol. The monoisotopic (exact) mass is 353 g/mol. The molecule has 1 aromatic carbocycles. The molecule has 3 rings (SSSR count). The lowest BCUT2D eigenvalue weighted by atomic mass is 10.1. The maximum atomic E-state index is 12.6. The maximum absolute atomic E-state index is 12.6. The summed E-state index contributed by atoms with van der Waals surface area (Å²) in [5.74, 6) is 0.0113. The number of hydrogen-bond donors (Lipinski definition) is 1. The Morgan fingerprint density at radius 1 is 1.21 bits per heavy atom. The minimum absolute atomic E-state index is 0.0113. The molecule has 1 atom stereocenters. The number of rotatable bonds is 4. The molecule has 126 valence electrons. The molecule has 0 radical (unpaired) electrons. The highest BCUT2D eigenvalue weighted by Crippen LogP contribution is 2.25. The first-order valence-corrected chi connectivity index (χ1v) is 8.48. The van der Waals surface area contributed by atoms with Crippen LogP contribution in [-0.4, -0.2) is 25.3 Å². The number of aromatic amines is 1. The van der Waals surface area contributed by atoms with E-state index in [2.05, 4.69) is 15.0 Å². The van der Waals surface area contributed by atoms with Gasteiger partial charge in [0, 0.05) is 6.20 Å². The highest BCUT2D eigenvalue weighted by molar-refractivity contribution is 7.84. The number of fused-ring (bicyclic) bond motifs is 1. The Bertz CT molecular complexity index is 872. The van der Waals surface area contributed by atoms with Crippen LogP contribution in [0.3, 0.4) is 0 Å². The number of H-pyrrole nitrogens is 1. The molecule has 3 aromatic rings. The molecule has 2 aromatic heterocycles. The first kappa shape index (κ1) is 16.6. The molecule has 0 fully saturated rings. The Kier molecular flexibility index (Phi) is 4.40. The summed E-state index contributed by atoms with van der Waals surface area (Å²) in [6.07, 6.45) is -3.99. The smallest absolute Gasteiger partial charge is 0.331 e. The van der Waals surface area contributed by atoms with E-state index in [0.717, 1.165) is 5.52 Å². The van der Waals surface area contributed by atoms with Crippen molar-refractivity contribution in [1.29, 1.82) is 0 Å². The zero-order valence-electron chi connectivity index (χ0n) is 12.7. The van der Waals surface area contributed by atoms with Crippen molar-refractivity contribution in [1.82, 2.24) is 15.0 Å². The molecule has 2 heterocycles. The molecule has 0 spiro atoms. The summed E-state index contributed by atoms with van der Waals surface area (Å²) < 4.78 is 50.3. The maximum Gasteiger partial charge on any atom is 0.393 e. The fraction of sp³-hybridized carbons (Fsp3) is 0.250. The average molecular weight is 353 g/mol. The van der Waals surface area contributed by atoms with Crippen LogP contribution in [0.2, 0.25) is 0 Å². The number of para-hydroxylation sites is 2. The molecular weight excluding hydrogens is 339 g/mol. The largest absolute Gasteiger partial charge is 0.393 e. The fourth-order valence-electron chi connectivity index (χ4n) is 2.41. The second-order valence-corrected chi connectivity index (χ2v) is 6.75. The van der Waals surface area contributed by atoms with Crippen LogP contribution in [-0.2, 0) is 23.0 Å². The number of alkyl halides is 3. The van der Waals surface area contributed by atoms with Crippen LogP contribution < -0.4 is 0 Å². The molecule has 1 unspecified atom stereocenters. The lowest BCUT2D eigenvalue weighted by Gasteiger charge is -2.11. The molecule has 0 bridgehead atoms. The third kappa shape index (κ3) is 3.64. The summed E-state index contributed by atoms with van der Waals surface area (Å²) in [6.45, 7) is 1.57. The van der Waals surface area contributed by atoms with E-state index >= 15 is 0 Å². The predicted octanol–water partition coefficient (Wildman–Crippen LogP) is 3.68. The van der Waals surface area contributed by atoms with E-state index in [0.29, 0.717) is 21.9 Å². The van der Waals surface area contributed by atoms with Crippen LogP contribution in [0.1, 0.15) is 16.8 Å². The second-order valence-electron chi connectivity index (χ2n) is 5.38. The van der Waals surface area contributed by atoms with E-state index < -0.39 is 23.4 Å². The summed E-state index contributed by atoms with van der Waals surface area (Å²) in [5.41, 5.74) is 2.40. The third-order valence-corrected chi connectivity index (χ3v) is 4.82.